The molecule has 1 rings (SSSR count). The van der Waals surface area contributed by atoms with Crippen LogP contribution in [0.15, 0.2) is 6.07 Å². The lowest BCUT2D eigenvalue weighted by molar-refractivity contribution is 0.0796. The summed E-state index contributed by atoms with van der Waals surface area (Å²) in [6, 6.07) is 1.44. The van der Waals surface area contributed by atoms with Gasteiger partial charge >= 0.3 is 0 Å². The average Bonchev–Trinajstić information content (AvgIpc) is 2.23. The van der Waals surface area contributed by atoms with Crippen molar-refractivity contribution >= 4 is 11.8 Å². The molecule has 1 heterocycles. The molecular weight excluding hydrogens is 218 g/mol. The summed E-state index contributed by atoms with van der Waals surface area (Å²) in [5.41, 5.74) is 5.41. The standard InChI is InChI=1S/C9H14F2N4O/c1-2-3-13-7-4-8(15-9(12)14-7)16-5-6(10)11/h4,6H,2-3,5H2,1H3,(H3,12,13,14,15). The Balaban J connectivity index is 2.65. The van der Waals surface area contributed by atoms with Gasteiger partial charge in [0.25, 0.3) is 6.43 Å². The lowest BCUT2D eigenvalue weighted by atomic mass is 10.4. The molecule has 16 heavy (non-hydrogen) atoms. The van der Waals surface area contributed by atoms with E-state index in [1.54, 1.807) is 0 Å². The Morgan fingerprint density at radius 2 is 2.25 bits per heavy atom. The number of hydrogen-bond donors (Lipinski definition) is 2. The van der Waals surface area contributed by atoms with Crippen molar-refractivity contribution < 1.29 is 13.5 Å². The summed E-state index contributed by atoms with van der Waals surface area (Å²) in [5, 5.41) is 2.96. The second-order valence-electron chi connectivity index (χ2n) is 3.08. The van der Waals surface area contributed by atoms with E-state index in [2.05, 4.69) is 15.3 Å². The largest absolute Gasteiger partial charge is 0.471 e. The predicted octanol–water partition coefficient (Wildman–Crippen LogP) is 1.52. The number of hydrogen-bond acceptors (Lipinski definition) is 5. The van der Waals surface area contributed by atoms with Gasteiger partial charge in [0.05, 0.1) is 0 Å². The van der Waals surface area contributed by atoms with E-state index in [0.29, 0.717) is 12.4 Å². The third-order valence-electron chi connectivity index (χ3n) is 1.63. The number of nitrogens with two attached hydrogens (primary N) is 1. The number of nitrogens with zero attached hydrogens (tertiary/aromatic N) is 2. The van der Waals surface area contributed by atoms with E-state index in [0.717, 1.165) is 6.42 Å². The Morgan fingerprint density at radius 3 is 2.88 bits per heavy atom. The Kier molecular flexibility index (Phi) is 4.68. The Morgan fingerprint density at radius 1 is 1.50 bits per heavy atom. The highest BCUT2D eigenvalue weighted by molar-refractivity contribution is 5.42. The Bertz CT molecular complexity index is 335. The van der Waals surface area contributed by atoms with Gasteiger partial charge in [0.15, 0.2) is 6.61 Å². The molecular formula is C9H14F2N4O. The monoisotopic (exact) mass is 232 g/mol. The zero-order valence-corrected chi connectivity index (χ0v) is 8.91. The third kappa shape index (κ3) is 4.24. The van der Waals surface area contributed by atoms with Gasteiger partial charge in [-0.3, -0.25) is 0 Å². The number of halogens is 2. The van der Waals surface area contributed by atoms with Crippen molar-refractivity contribution in [3.8, 4) is 5.88 Å². The number of nitrogen functional groups attached to an aromatic ring is 1. The van der Waals surface area contributed by atoms with E-state index in [9.17, 15) is 8.78 Å². The van der Waals surface area contributed by atoms with Gasteiger partial charge in [0.1, 0.15) is 5.82 Å². The topological polar surface area (TPSA) is 73.1 Å². The number of alkyl halides is 2. The minimum absolute atomic E-state index is 0.00892. The number of anilines is 2. The average molecular weight is 232 g/mol. The van der Waals surface area contributed by atoms with Crippen molar-refractivity contribution in [2.45, 2.75) is 19.8 Å². The zero-order chi connectivity index (χ0) is 12.0. The second kappa shape index (κ2) is 6.04. The van der Waals surface area contributed by atoms with Gasteiger partial charge in [-0.25, -0.2) is 8.78 Å². The molecule has 0 amide bonds. The van der Waals surface area contributed by atoms with Crippen LogP contribution >= 0.6 is 0 Å². The minimum atomic E-state index is -2.54. The van der Waals surface area contributed by atoms with Gasteiger partial charge in [-0.2, -0.15) is 9.97 Å². The van der Waals surface area contributed by atoms with Gasteiger partial charge in [-0.05, 0) is 6.42 Å². The Hall–Kier alpha value is -1.66. The van der Waals surface area contributed by atoms with E-state index < -0.39 is 13.0 Å². The van der Waals surface area contributed by atoms with Crippen LogP contribution in [0.3, 0.4) is 0 Å². The normalized spacial score (nSPS) is 10.5. The van der Waals surface area contributed by atoms with Gasteiger partial charge in [0, 0.05) is 12.6 Å². The van der Waals surface area contributed by atoms with Crippen LogP contribution in [0.5, 0.6) is 5.88 Å². The van der Waals surface area contributed by atoms with Crippen molar-refractivity contribution in [1.29, 1.82) is 0 Å². The highest BCUT2D eigenvalue weighted by Gasteiger charge is 2.07. The molecule has 0 aromatic carbocycles. The van der Waals surface area contributed by atoms with Crippen molar-refractivity contribution in [3.63, 3.8) is 0 Å². The lowest BCUT2D eigenvalue weighted by Crippen LogP contribution is -2.10. The predicted molar refractivity (Wildman–Crippen MR) is 56.7 cm³/mol. The van der Waals surface area contributed by atoms with Crippen LogP contribution in [0, 0.1) is 0 Å². The molecule has 1 aromatic rings. The molecule has 5 nitrogen and oxygen atoms in total. The molecule has 0 unspecified atom stereocenters. The molecule has 0 spiro atoms. The summed E-state index contributed by atoms with van der Waals surface area (Å²) in [6.45, 7) is 2.00. The maximum atomic E-state index is 11.9. The van der Waals surface area contributed by atoms with Crippen LogP contribution in [0.4, 0.5) is 20.5 Å². The van der Waals surface area contributed by atoms with E-state index >= 15 is 0 Å². The quantitative estimate of drug-likeness (QED) is 0.778. The van der Waals surface area contributed by atoms with E-state index in [-0.39, 0.29) is 11.8 Å². The first kappa shape index (κ1) is 12.4. The first-order valence-electron chi connectivity index (χ1n) is 4.91. The third-order valence-corrected chi connectivity index (χ3v) is 1.63. The van der Waals surface area contributed by atoms with Gasteiger partial charge in [-0.15, -0.1) is 0 Å². The van der Waals surface area contributed by atoms with Crippen molar-refractivity contribution in [3.05, 3.63) is 6.07 Å². The number of nitrogens with one attached hydrogen (secondary N) is 1. The summed E-state index contributed by atoms with van der Waals surface area (Å²) in [6.07, 6.45) is -1.62. The zero-order valence-electron chi connectivity index (χ0n) is 8.91. The molecule has 0 saturated heterocycles. The van der Waals surface area contributed by atoms with E-state index in [4.69, 9.17) is 10.5 Å². The first-order valence-corrected chi connectivity index (χ1v) is 4.91. The maximum Gasteiger partial charge on any atom is 0.272 e. The van der Waals surface area contributed by atoms with Crippen molar-refractivity contribution in [1.82, 2.24) is 9.97 Å². The molecule has 0 fully saturated rings. The van der Waals surface area contributed by atoms with Gasteiger partial charge in [0.2, 0.25) is 11.8 Å². The molecule has 0 aliphatic rings. The summed E-state index contributed by atoms with van der Waals surface area (Å²) < 4.78 is 28.6. The van der Waals surface area contributed by atoms with E-state index in [1.807, 2.05) is 6.92 Å². The molecule has 0 saturated carbocycles. The van der Waals surface area contributed by atoms with Crippen molar-refractivity contribution in [2.75, 3.05) is 24.2 Å². The molecule has 0 radical (unpaired) electrons. The van der Waals surface area contributed by atoms with Gasteiger partial charge in [-0.1, -0.05) is 6.92 Å². The fraction of sp³-hybridized carbons (Fsp3) is 0.556. The molecule has 3 N–H and O–H groups in total. The molecule has 0 atom stereocenters. The number of rotatable bonds is 6. The second-order valence-corrected chi connectivity index (χ2v) is 3.08. The smallest absolute Gasteiger partial charge is 0.272 e. The molecule has 0 aliphatic heterocycles. The lowest BCUT2D eigenvalue weighted by Gasteiger charge is -2.08. The molecule has 0 bridgehead atoms. The van der Waals surface area contributed by atoms with Crippen LogP contribution in [0.1, 0.15) is 13.3 Å². The SMILES string of the molecule is CCCNc1cc(OCC(F)F)nc(N)n1. The van der Waals surface area contributed by atoms with Crippen LogP contribution in [0.2, 0.25) is 0 Å². The minimum Gasteiger partial charge on any atom is -0.471 e. The summed E-state index contributed by atoms with van der Waals surface area (Å²) in [5.74, 6) is 0.510. The highest BCUT2D eigenvalue weighted by atomic mass is 19.3. The Labute approximate surface area is 92.0 Å². The van der Waals surface area contributed by atoms with Crippen LogP contribution < -0.4 is 15.8 Å². The summed E-state index contributed by atoms with van der Waals surface area (Å²) in [4.78, 5) is 7.57. The fourth-order valence-corrected chi connectivity index (χ4v) is 1.01. The summed E-state index contributed by atoms with van der Waals surface area (Å²) >= 11 is 0. The van der Waals surface area contributed by atoms with Crippen LogP contribution in [-0.2, 0) is 0 Å². The molecule has 0 aliphatic carbocycles. The molecule has 7 heteroatoms. The highest BCUT2D eigenvalue weighted by Crippen LogP contribution is 2.15. The number of aromatic nitrogens is 2. The van der Waals surface area contributed by atoms with E-state index in [1.165, 1.54) is 6.07 Å². The fourth-order valence-electron chi connectivity index (χ4n) is 1.01. The van der Waals surface area contributed by atoms with Gasteiger partial charge < -0.3 is 15.8 Å². The first-order chi connectivity index (χ1) is 7.61. The van der Waals surface area contributed by atoms with Crippen LogP contribution in [0.25, 0.3) is 0 Å². The number of ether oxygens (including phenoxy) is 1. The maximum absolute atomic E-state index is 11.9. The molecule has 1 aromatic heterocycles. The van der Waals surface area contributed by atoms with Crippen LogP contribution in [-0.4, -0.2) is 29.5 Å². The van der Waals surface area contributed by atoms with Crippen molar-refractivity contribution in [2.24, 2.45) is 0 Å². The molecule has 90 valence electrons. The summed E-state index contributed by atoms with van der Waals surface area (Å²) in [7, 11) is 0.